The molecule has 0 aliphatic carbocycles. The van der Waals surface area contributed by atoms with Crippen molar-refractivity contribution in [2.75, 3.05) is 46.3 Å². The first-order valence-corrected chi connectivity index (χ1v) is 6.73. The van der Waals surface area contributed by atoms with Crippen molar-refractivity contribution in [2.45, 2.75) is 6.42 Å². The zero-order valence-electron chi connectivity index (χ0n) is 12.7. The highest BCUT2D eigenvalue weighted by Gasteiger charge is 2.14. The predicted octanol–water partition coefficient (Wildman–Crippen LogP) is 1.38. The molecule has 0 aliphatic rings. The van der Waals surface area contributed by atoms with E-state index in [1.165, 1.54) is 7.11 Å². The molecule has 0 saturated carbocycles. The van der Waals surface area contributed by atoms with Crippen molar-refractivity contribution in [1.82, 2.24) is 4.90 Å². The van der Waals surface area contributed by atoms with Crippen molar-refractivity contribution >= 4 is 17.6 Å². The van der Waals surface area contributed by atoms with Crippen LogP contribution in [0.5, 0.6) is 0 Å². The number of nitrogens with zero attached hydrogens (tertiary/aromatic N) is 1. The van der Waals surface area contributed by atoms with Gasteiger partial charge in [-0.3, -0.25) is 9.69 Å². The maximum absolute atomic E-state index is 12.0. The second-order valence-electron chi connectivity index (χ2n) is 4.67. The Morgan fingerprint density at radius 3 is 2.62 bits per heavy atom. The number of benzene rings is 1. The van der Waals surface area contributed by atoms with Crippen LogP contribution in [0.3, 0.4) is 0 Å². The van der Waals surface area contributed by atoms with E-state index in [-0.39, 0.29) is 12.5 Å². The van der Waals surface area contributed by atoms with Crippen molar-refractivity contribution < 1.29 is 19.1 Å². The third-order valence-corrected chi connectivity index (χ3v) is 2.91. The number of methoxy groups -OCH3 is 2. The Morgan fingerprint density at radius 2 is 1.95 bits per heavy atom. The fraction of sp³-hybridized carbons (Fsp3) is 0.467. The molecular formula is C15H22N2O4. The van der Waals surface area contributed by atoms with Crippen molar-refractivity contribution in [1.29, 1.82) is 0 Å². The highest BCUT2D eigenvalue weighted by Crippen LogP contribution is 2.15. The molecule has 1 rings (SSSR count). The maximum atomic E-state index is 12.0. The fourth-order valence-corrected chi connectivity index (χ4v) is 1.87. The standard InChI is InChI=1S/C15H22N2O4/c1-17(9-6-10-20-2)11-14(18)16-13-8-5-4-7-12(13)15(19)21-3/h4-5,7-8H,6,9-11H2,1-3H3,(H,16,18). The first-order chi connectivity index (χ1) is 10.1. The van der Waals surface area contributed by atoms with E-state index in [4.69, 9.17) is 9.47 Å². The number of para-hydroxylation sites is 1. The van der Waals surface area contributed by atoms with Crippen LogP contribution in [0.2, 0.25) is 0 Å². The number of rotatable bonds is 8. The van der Waals surface area contributed by atoms with Gasteiger partial charge in [-0.15, -0.1) is 0 Å². The van der Waals surface area contributed by atoms with Gasteiger partial charge in [0, 0.05) is 20.3 Å². The normalized spacial score (nSPS) is 10.5. The number of hydrogen-bond donors (Lipinski definition) is 1. The van der Waals surface area contributed by atoms with Gasteiger partial charge in [0.05, 0.1) is 24.9 Å². The lowest BCUT2D eigenvalue weighted by Crippen LogP contribution is -2.31. The van der Waals surface area contributed by atoms with Gasteiger partial charge in [0.15, 0.2) is 0 Å². The van der Waals surface area contributed by atoms with E-state index in [0.717, 1.165) is 13.0 Å². The number of hydrogen-bond acceptors (Lipinski definition) is 5. The quantitative estimate of drug-likeness (QED) is 0.579. The molecule has 1 N–H and O–H groups in total. The molecule has 1 aromatic carbocycles. The number of ether oxygens (including phenoxy) is 2. The fourth-order valence-electron chi connectivity index (χ4n) is 1.87. The lowest BCUT2D eigenvalue weighted by Gasteiger charge is -2.16. The number of amides is 1. The first kappa shape index (κ1) is 17.1. The van der Waals surface area contributed by atoms with E-state index < -0.39 is 5.97 Å². The van der Waals surface area contributed by atoms with E-state index in [9.17, 15) is 9.59 Å². The second kappa shape index (κ2) is 9.10. The Labute approximate surface area is 125 Å². The minimum absolute atomic E-state index is 0.175. The molecule has 0 spiro atoms. The summed E-state index contributed by atoms with van der Waals surface area (Å²) in [6.07, 6.45) is 0.860. The van der Waals surface area contributed by atoms with Crippen molar-refractivity contribution in [3.63, 3.8) is 0 Å². The van der Waals surface area contributed by atoms with Crippen molar-refractivity contribution in [2.24, 2.45) is 0 Å². The van der Waals surface area contributed by atoms with Crippen LogP contribution in [0.4, 0.5) is 5.69 Å². The zero-order chi connectivity index (χ0) is 15.7. The topological polar surface area (TPSA) is 67.9 Å². The Hall–Kier alpha value is -1.92. The van der Waals surface area contributed by atoms with Gasteiger partial charge in [-0.1, -0.05) is 12.1 Å². The van der Waals surface area contributed by atoms with Crippen LogP contribution in [-0.2, 0) is 14.3 Å². The Bertz CT molecular complexity index is 476. The number of nitrogens with one attached hydrogen (secondary N) is 1. The van der Waals surface area contributed by atoms with E-state index in [2.05, 4.69) is 5.32 Å². The van der Waals surface area contributed by atoms with Crippen LogP contribution in [0.25, 0.3) is 0 Å². The molecule has 116 valence electrons. The van der Waals surface area contributed by atoms with Crippen LogP contribution < -0.4 is 5.32 Å². The lowest BCUT2D eigenvalue weighted by molar-refractivity contribution is -0.117. The van der Waals surface area contributed by atoms with Crippen LogP contribution in [0.15, 0.2) is 24.3 Å². The first-order valence-electron chi connectivity index (χ1n) is 6.73. The van der Waals surface area contributed by atoms with Crippen molar-refractivity contribution in [3.05, 3.63) is 29.8 Å². The third kappa shape index (κ3) is 5.93. The highest BCUT2D eigenvalue weighted by molar-refractivity contribution is 6.01. The molecule has 0 heterocycles. The molecular weight excluding hydrogens is 272 g/mol. The summed E-state index contributed by atoms with van der Waals surface area (Å²) in [7, 11) is 4.82. The molecule has 0 bridgehead atoms. The molecule has 0 aliphatic heterocycles. The number of carbonyl (C=O) groups is 2. The largest absolute Gasteiger partial charge is 0.465 e. The summed E-state index contributed by atoms with van der Waals surface area (Å²) in [6, 6.07) is 6.77. The SMILES string of the molecule is COCCCN(C)CC(=O)Nc1ccccc1C(=O)OC. The molecule has 6 heteroatoms. The second-order valence-corrected chi connectivity index (χ2v) is 4.67. The summed E-state index contributed by atoms with van der Waals surface area (Å²) in [5, 5.41) is 2.73. The smallest absolute Gasteiger partial charge is 0.339 e. The minimum Gasteiger partial charge on any atom is -0.465 e. The van der Waals surface area contributed by atoms with Gasteiger partial charge < -0.3 is 14.8 Å². The molecule has 0 saturated heterocycles. The number of anilines is 1. The summed E-state index contributed by atoms with van der Waals surface area (Å²) >= 11 is 0. The molecule has 1 aromatic rings. The Balaban J connectivity index is 2.57. The number of carbonyl (C=O) groups excluding carboxylic acids is 2. The molecule has 6 nitrogen and oxygen atoms in total. The molecule has 1 amide bonds. The zero-order valence-corrected chi connectivity index (χ0v) is 12.7. The molecule has 0 fully saturated rings. The summed E-state index contributed by atoms with van der Waals surface area (Å²) in [5.41, 5.74) is 0.801. The monoisotopic (exact) mass is 294 g/mol. The van der Waals surface area contributed by atoms with Gasteiger partial charge in [-0.25, -0.2) is 4.79 Å². The van der Waals surface area contributed by atoms with Gasteiger partial charge >= 0.3 is 5.97 Å². The minimum atomic E-state index is -0.473. The van der Waals surface area contributed by atoms with Crippen LogP contribution in [0.1, 0.15) is 16.8 Å². The summed E-state index contributed by atoms with van der Waals surface area (Å²) in [6.45, 7) is 1.68. The van der Waals surface area contributed by atoms with E-state index in [1.807, 2.05) is 11.9 Å². The predicted molar refractivity (Wildman–Crippen MR) is 80.4 cm³/mol. The molecule has 0 radical (unpaired) electrons. The summed E-state index contributed by atoms with van der Waals surface area (Å²) < 4.78 is 9.66. The highest BCUT2D eigenvalue weighted by atomic mass is 16.5. The van der Waals surface area contributed by atoms with E-state index >= 15 is 0 Å². The average Bonchev–Trinajstić information content (AvgIpc) is 2.47. The molecule has 0 unspecified atom stereocenters. The summed E-state index contributed by atoms with van der Waals surface area (Å²) in [5.74, 6) is -0.648. The van der Waals surface area contributed by atoms with Crippen LogP contribution in [-0.4, -0.2) is 57.7 Å². The van der Waals surface area contributed by atoms with E-state index in [0.29, 0.717) is 17.9 Å². The average molecular weight is 294 g/mol. The van der Waals surface area contributed by atoms with Crippen LogP contribution >= 0.6 is 0 Å². The third-order valence-electron chi connectivity index (χ3n) is 2.91. The summed E-state index contributed by atoms with van der Waals surface area (Å²) in [4.78, 5) is 25.5. The number of esters is 1. The Kier molecular flexibility index (Phi) is 7.42. The van der Waals surface area contributed by atoms with Gasteiger partial charge in [0.2, 0.25) is 5.91 Å². The van der Waals surface area contributed by atoms with Gasteiger partial charge in [-0.05, 0) is 25.6 Å². The number of likely N-dealkylation sites (N-methyl/N-ethyl adjacent to an activating group) is 1. The van der Waals surface area contributed by atoms with Gasteiger partial charge in [0.1, 0.15) is 0 Å². The van der Waals surface area contributed by atoms with Crippen LogP contribution in [0, 0.1) is 0 Å². The molecule has 21 heavy (non-hydrogen) atoms. The van der Waals surface area contributed by atoms with Gasteiger partial charge in [0.25, 0.3) is 0 Å². The van der Waals surface area contributed by atoms with E-state index in [1.54, 1.807) is 31.4 Å². The molecule has 0 aromatic heterocycles. The molecule has 0 atom stereocenters. The lowest BCUT2D eigenvalue weighted by atomic mass is 10.2. The Morgan fingerprint density at radius 1 is 1.24 bits per heavy atom. The maximum Gasteiger partial charge on any atom is 0.339 e. The van der Waals surface area contributed by atoms with Gasteiger partial charge in [-0.2, -0.15) is 0 Å². The van der Waals surface area contributed by atoms with Crippen molar-refractivity contribution in [3.8, 4) is 0 Å².